The van der Waals surface area contributed by atoms with Gasteiger partial charge in [0, 0.05) is 23.6 Å². The molecule has 4 aliphatic rings. The lowest BCUT2D eigenvalue weighted by atomic mass is 9.49. The highest BCUT2D eigenvalue weighted by Gasteiger charge is 2.51. The molecule has 27 heavy (non-hydrogen) atoms. The molecule has 0 saturated heterocycles. The van der Waals surface area contributed by atoms with Gasteiger partial charge in [-0.25, -0.2) is 0 Å². The Bertz CT molecular complexity index is 725. The van der Waals surface area contributed by atoms with E-state index >= 15 is 0 Å². The molecule has 0 aromatic heterocycles. The molecule has 4 aliphatic carbocycles. The molecule has 0 heterocycles. The molecule has 4 nitrogen and oxygen atoms in total. The Labute approximate surface area is 170 Å². The molecule has 0 unspecified atom stereocenters. The second-order valence-corrected chi connectivity index (χ2v) is 10.3. The standard InChI is InChI=1S/C22H29BrN2O2/c1-14-5-18(23)3-4-19(14)24-20(26)13-25(2)21(27)12-22-9-15-6-16(10-22)8-17(7-15)11-22/h3-5,15-17H,6-13H2,1-2H3,(H,24,26). The Hall–Kier alpha value is -1.36. The van der Waals surface area contributed by atoms with Crippen LogP contribution in [0.15, 0.2) is 22.7 Å². The van der Waals surface area contributed by atoms with Crippen LogP contribution < -0.4 is 5.32 Å². The van der Waals surface area contributed by atoms with E-state index < -0.39 is 0 Å². The Morgan fingerprint density at radius 1 is 1.15 bits per heavy atom. The normalized spacial score (nSPS) is 31.0. The summed E-state index contributed by atoms with van der Waals surface area (Å²) in [5, 5.41) is 2.93. The second-order valence-electron chi connectivity index (χ2n) is 9.35. The van der Waals surface area contributed by atoms with Crippen LogP contribution in [0.2, 0.25) is 0 Å². The number of carbonyl (C=O) groups excluding carboxylic acids is 2. The number of likely N-dealkylation sites (N-methyl/N-ethyl adjacent to an activating group) is 1. The van der Waals surface area contributed by atoms with Gasteiger partial charge in [0.15, 0.2) is 0 Å². The number of hydrogen-bond donors (Lipinski definition) is 1. The first-order valence-corrected chi connectivity index (χ1v) is 10.9. The summed E-state index contributed by atoms with van der Waals surface area (Å²) in [5.41, 5.74) is 2.02. The van der Waals surface area contributed by atoms with Crippen LogP contribution in [0.4, 0.5) is 5.69 Å². The number of halogens is 1. The van der Waals surface area contributed by atoms with Crippen LogP contribution in [-0.4, -0.2) is 30.3 Å². The number of rotatable bonds is 5. The van der Waals surface area contributed by atoms with E-state index in [1.807, 2.05) is 25.1 Å². The maximum absolute atomic E-state index is 12.9. The third-order valence-electron chi connectivity index (χ3n) is 6.96. The van der Waals surface area contributed by atoms with Crippen molar-refractivity contribution >= 4 is 33.4 Å². The molecule has 4 saturated carbocycles. The van der Waals surface area contributed by atoms with E-state index in [4.69, 9.17) is 0 Å². The summed E-state index contributed by atoms with van der Waals surface area (Å²) in [5.74, 6) is 2.52. The molecular formula is C22H29BrN2O2. The lowest BCUT2D eigenvalue weighted by Crippen LogP contribution is -2.48. The quantitative estimate of drug-likeness (QED) is 0.728. The topological polar surface area (TPSA) is 49.4 Å². The fourth-order valence-electron chi connectivity index (χ4n) is 6.22. The van der Waals surface area contributed by atoms with Crippen molar-refractivity contribution in [3.8, 4) is 0 Å². The van der Waals surface area contributed by atoms with Crippen molar-refractivity contribution in [3.63, 3.8) is 0 Å². The molecule has 5 rings (SSSR count). The molecule has 0 spiro atoms. The van der Waals surface area contributed by atoms with Crippen molar-refractivity contribution in [1.82, 2.24) is 4.90 Å². The van der Waals surface area contributed by atoms with Gasteiger partial charge in [0.25, 0.3) is 0 Å². The average molecular weight is 433 g/mol. The smallest absolute Gasteiger partial charge is 0.243 e. The predicted octanol–water partition coefficient (Wildman–Crippen LogP) is 4.76. The van der Waals surface area contributed by atoms with Gasteiger partial charge < -0.3 is 10.2 Å². The maximum Gasteiger partial charge on any atom is 0.243 e. The first-order chi connectivity index (χ1) is 12.8. The molecule has 2 amide bonds. The van der Waals surface area contributed by atoms with E-state index in [1.165, 1.54) is 38.5 Å². The summed E-state index contributed by atoms with van der Waals surface area (Å²) in [4.78, 5) is 26.9. The van der Waals surface area contributed by atoms with Crippen molar-refractivity contribution in [2.75, 3.05) is 18.9 Å². The van der Waals surface area contributed by atoms with Crippen LogP contribution in [0.3, 0.4) is 0 Å². The largest absolute Gasteiger partial charge is 0.336 e. The van der Waals surface area contributed by atoms with Gasteiger partial charge >= 0.3 is 0 Å². The highest BCUT2D eigenvalue weighted by Crippen LogP contribution is 2.61. The summed E-state index contributed by atoms with van der Waals surface area (Å²) < 4.78 is 0.987. The monoisotopic (exact) mass is 432 g/mol. The fraction of sp³-hybridized carbons (Fsp3) is 0.636. The van der Waals surface area contributed by atoms with Gasteiger partial charge in [-0.15, -0.1) is 0 Å². The van der Waals surface area contributed by atoms with Crippen LogP contribution in [0.5, 0.6) is 0 Å². The Morgan fingerprint density at radius 3 is 2.30 bits per heavy atom. The lowest BCUT2D eigenvalue weighted by Gasteiger charge is -2.56. The first-order valence-electron chi connectivity index (χ1n) is 10.1. The number of anilines is 1. The van der Waals surface area contributed by atoms with Crippen LogP contribution >= 0.6 is 15.9 Å². The molecule has 1 N–H and O–H groups in total. The van der Waals surface area contributed by atoms with E-state index in [0.29, 0.717) is 6.42 Å². The lowest BCUT2D eigenvalue weighted by molar-refractivity contribution is -0.140. The minimum Gasteiger partial charge on any atom is -0.336 e. The molecule has 0 radical (unpaired) electrons. The van der Waals surface area contributed by atoms with Crippen LogP contribution in [0, 0.1) is 30.1 Å². The summed E-state index contributed by atoms with van der Waals surface area (Å²) in [6.45, 7) is 2.07. The Morgan fingerprint density at radius 2 is 1.74 bits per heavy atom. The SMILES string of the molecule is Cc1cc(Br)ccc1NC(=O)CN(C)C(=O)CC12CC3CC(CC(C3)C1)C2. The average Bonchev–Trinajstić information content (AvgIpc) is 2.55. The molecule has 4 fully saturated rings. The van der Waals surface area contributed by atoms with Crippen molar-refractivity contribution in [2.45, 2.75) is 51.9 Å². The zero-order chi connectivity index (χ0) is 19.2. The zero-order valence-corrected chi connectivity index (χ0v) is 17.8. The van der Waals surface area contributed by atoms with Gasteiger partial charge in [0.1, 0.15) is 0 Å². The number of nitrogens with zero attached hydrogens (tertiary/aromatic N) is 1. The van der Waals surface area contributed by atoms with Gasteiger partial charge in [0.05, 0.1) is 6.54 Å². The molecule has 0 aliphatic heterocycles. The number of aryl methyl sites for hydroxylation is 1. The number of carbonyl (C=O) groups is 2. The van der Waals surface area contributed by atoms with Gasteiger partial charge in [0.2, 0.25) is 11.8 Å². The van der Waals surface area contributed by atoms with E-state index in [-0.39, 0.29) is 23.8 Å². The summed E-state index contributed by atoms with van der Waals surface area (Å²) >= 11 is 3.43. The van der Waals surface area contributed by atoms with E-state index in [9.17, 15) is 9.59 Å². The zero-order valence-electron chi connectivity index (χ0n) is 16.3. The van der Waals surface area contributed by atoms with Gasteiger partial charge in [-0.3, -0.25) is 9.59 Å². The maximum atomic E-state index is 12.9. The summed E-state index contributed by atoms with van der Waals surface area (Å²) in [6.07, 6.45) is 8.46. The van der Waals surface area contributed by atoms with Crippen LogP contribution in [-0.2, 0) is 9.59 Å². The minimum atomic E-state index is -0.137. The number of nitrogens with one attached hydrogen (secondary N) is 1. The van der Waals surface area contributed by atoms with E-state index in [2.05, 4.69) is 21.2 Å². The van der Waals surface area contributed by atoms with Crippen molar-refractivity contribution in [1.29, 1.82) is 0 Å². The third-order valence-corrected chi connectivity index (χ3v) is 7.45. The molecule has 5 heteroatoms. The molecular weight excluding hydrogens is 404 g/mol. The van der Waals surface area contributed by atoms with Gasteiger partial charge in [-0.2, -0.15) is 0 Å². The highest BCUT2D eigenvalue weighted by atomic mass is 79.9. The summed E-state index contributed by atoms with van der Waals surface area (Å²) in [6, 6.07) is 5.76. The molecule has 1 aromatic rings. The van der Waals surface area contributed by atoms with Crippen LogP contribution in [0.1, 0.15) is 50.5 Å². The fourth-order valence-corrected chi connectivity index (χ4v) is 6.70. The first kappa shape index (κ1) is 19.0. The predicted molar refractivity (Wildman–Crippen MR) is 110 cm³/mol. The van der Waals surface area contributed by atoms with Crippen molar-refractivity contribution < 1.29 is 9.59 Å². The van der Waals surface area contributed by atoms with E-state index in [0.717, 1.165) is 33.5 Å². The molecule has 4 bridgehead atoms. The number of amides is 2. The molecule has 1 aromatic carbocycles. The van der Waals surface area contributed by atoms with Crippen LogP contribution in [0.25, 0.3) is 0 Å². The minimum absolute atomic E-state index is 0.112. The van der Waals surface area contributed by atoms with Gasteiger partial charge in [-0.05, 0) is 92.4 Å². The van der Waals surface area contributed by atoms with Crippen molar-refractivity contribution in [2.24, 2.45) is 23.2 Å². The highest BCUT2D eigenvalue weighted by molar-refractivity contribution is 9.10. The number of hydrogen-bond acceptors (Lipinski definition) is 2. The second kappa shape index (κ2) is 7.23. The Balaban J connectivity index is 1.33. The third kappa shape index (κ3) is 4.08. The summed E-state index contributed by atoms with van der Waals surface area (Å²) in [7, 11) is 1.76. The molecule has 146 valence electrons. The molecule has 0 atom stereocenters. The van der Waals surface area contributed by atoms with Crippen molar-refractivity contribution in [3.05, 3.63) is 28.2 Å². The van der Waals surface area contributed by atoms with Gasteiger partial charge in [-0.1, -0.05) is 15.9 Å². The van der Waals surface area contributed by atoms with E-state index in [1.54, 1.807) is 11.9 Å². The number of benzene rings is 1. The Kier molecular flexibility index (Phi) is 5.08.